The number of aromatic nitrogens is 1. The maximum absolute atomic E-state index is 10.7. The first-order valence-corrected chi connectivity index (χ1v) is 8.11. The summed E-state index contributed by atoms with van der Waals surface area (Å²) in [5, 5.41) is 0. The Morgan fingerprint density at radius 3 is 2.40 bits per heavy atom. The van der Waals surface area contributed by atoms with Gasteiger partial charge in [0.15, 0.2) is 12.4 Å². The van der Waals surface area contributed by atoms with Gasteiger partial charge >= 0.3 is 0 Å². The molecule has 0 spiro atoms. The third-order valence-electron chi connectivity index (χ3n) is 2.99. The van der Waals surface area contributed by atoms with Crippen LogP contribution in [0.4, 0.5) is 0 Å². The van der Waals surface area contributed by atoms with Crippen LogP contribution in [0.1, 0.15) is 17.5 Å². The molecule has 0 radical (unpaired) electrons. The molecule has 5 heteroatoms. The summed E-state index contributed by atoms with van der Waals surface area (Å²) in [5.41, 5.74) is 2.41. The van der Waals surface area contributed by atoms with E-state index in [9.17, 15) is 8.42 Å². The minimum atomic E-state index is -3.87. The smallest absolute Gasteiger partial charge is 0.265 e. The summed E-state index contributed by atoms with van der Waals surface area (Å²) in [6.45, 7) is 0.572. The Bertz CT molecular complexity index is 654. The summed E-state index contributed by atoms with van der Waals surface area (Å²) in [6.07, 6.45) is 5.16. The lowest BCUT2D eigenvalue weighted by Gasteiger charge is -2.01. The van der Waals surface area contributed by atoms with Gasteiger partial charge < -0.3 is 0 Å². The van der Waals surface area contributed by atoms with Crippen molar-refractivity contribution in [2.24, 2.45) is 0 Å². The SMILES string of the molecule is O=S(=O)(O)CCC[n+]1cccc(Cc2ccccc2)c1. The van der Waals surface area contributed by atoms with Gasteiger partial charge in [-0.1, -0.05) is 30.3 Å². The summed E-state index contributed by atoms with van der Waals surface area (Å²) >= 11 is 0. The van der Waals surface area contributed by atoms with Crippen LogP contribution in [0.25, 0.3) is 0 Å². The van der Waals surface area contributed by atoms with Gasteiger partial charge in [-0.05, 0) is 11.6 Å². The van der Waals surface area contributed by atoms with Gasteiger partial charge in [0.1, 0.15) is 6.54 Å². The molecule has 0 saturated carbocycles. The van der Waals surface area contributed by atoms with Crippen LogP contribution in [0.15, 0.2) is 54.9 Å². The third kappa shape index (κ3) is 5.11. The highest BCUT2D eigenvalue weighted by Gasteiger charge is 2.08. The molecule has 0 unspecified atom stereocenters. The van der Waals surface area contributed by atoms with Crippen LogP contribution in [0.3, 0.4) is 0 Å². The van der Waals surface area contributed by atoms with Gasteiger partial charge in [-0.2, -0.15) is 8.42 Å². The van der Waals surface area contributed by atoms with Crippen LogP contribution >= 0.6 is 0 Å². The molecule has 0 atom stereocenters. The predicted molar refractivity (Wildman–Crippen MR) is 76.9 cm³/mol. The largest absolute Gasteiger partial charge is 0.286 e. The lowest BCUT2D eigenvalue weighted by Crippen LogP contribution is -2.34. The van der Waals surface area contributed by atoms with Crippen molar-refractivity contribution < 1.29 is 17.5 Å². The first-order valence-electron chi connectivity index (χ1n) is 6.50. The standard InChI is InChI=1S/C15H17NO3S/c17-20(18,19)11-5-10-16-9-4-8-15(13-16)12-14-6-2-1-3-7-14/h1-4,6-9,13H,5,10-12H2/p+1. The second-order valence-electron chi connectivity index (χ2n) is 4.75. The Morgan fingerprint density at radius 1 is 1.00 bits per heavy atom. The number of hydrogen-bond acceptors (Lipinski definition) is 2. The van der Waals surface area contributed by atoms with Gasteiger partial charge in [0.05, 0.1) is 5.75 Å². The van der Waals surface area contributed by atoms with Crippen LogP contribution in [0, 0.1) is 0 Å². The second-order valence-corrected chi connectivity index (χ2v) is 6.32. The fraction of sp³-hybridized carbons (Fsp3) is 0.267. The highest BCUT2D eigenvalue weighted by Crippen LogP contribution is 2.06. The summed E-state index contributed by atoms with van der Waals surface area (Å²) in [7, 11) is -3.87. The Kier molecular flexibility index (Phi) is 4.87. The summed E-state index contributed by atoms with van der Waals surface area (Å²) in [5.74, 6) is -0.205. The molecule has 1 N–H and O–H groups in total. The van der Waals surface area contributed by atoms with Crippen molar-refractivity contribution in [2.75, 3.05) is 5.75 Å². The maximum Gasteiger partial charge on any atom is 0.265 e. The quantitative estimate of drug-likeness (QED) is 0.653. The van der Waals surface area contributed by atoms with Crippen LogP contribution in [0.5, 0.6) is 0 Å². The summed E-state index contributed by atoms with van der Waals surface area (Å²) in [4.78, 5) is 0. The molecular formula is C15H18NO3S+. The summed E-state index contributed by atoms with van der Waals surface area (Å²) in [6, 6.07) is 14.2. The van der Waals surface area contributed by atoms with E-state index in [2.05, 4.69) is 12.1 Å². The zero-order valence-electron chi connectivity index (χ0n) is 11.1. The van der Waals surface area contributed by atoms with Crippen molar-refractivity contribution in [3.05, 3.63) is 66.0 Å². The molecule has 2 rings (SSSR count). The van der Waals surface area contributed by atoms with E-state index >= 15 is 0 Å². The molecule has 0 aliphatic rings. The fourth-order valence-electron chi connectivity index (χ4n) is 2.08. The first kappa shape index (κ1) is 14.7. The van der Waals surface area contributed by atoms with E-state index in [1.54, 1.807) is 0 Å². The van der Waals surface area contributed by atoms with E-state index in [0.29, 0.717) is 13.0 Å². The molecule has 0 aliphatic carbocycles. The van der Waals surface area contributed by atoms with Crippen LogP contribution in [-0.2, 0) is 23.1 Å². The molecule has 1 heterocycles. The van der Waals surface area contributed by atoms with E-state index in [0.717, 1.165) is 6.42 Å². The monoisotopic (exact) mass is 292 g/mol. The van der Waals surface area contributed by atoms with E-state index in [1.165, 1.54) is 11.1 Å². The van der Waals surface area contributed by atoms with Crippen LogP contribution < -0.4 is 4.57 Å². The molecular weight excluding hydrogens is 274 g/mol. The summed E-state index contributed by atoms with van der Waals surface area (Å²) < 4.78 is 32.0. The molecule has 0 amide bonds. The van der Waals surface area contributed by atoms with E-state index in [1.807, 2.05) is 47.3 Å². The average Bonchev–Trinajstić information content (AvgIpc) is 2.39. The van der Waals surface area contributed by atoms with Crippen molar-refractivity contribution in [3.63, 3.8) is 0 Å². The number of nitrogens with zero attached hydrogens (tertiary/aromatic N) is 1. The predicted octanol–water partition coefficient (Wildman–Crippen LogP) is 1.84. The molecule has 0 fully saturated rings. The van der Waals surface area contributed by atoms with Gasteiger partial charge in [0, 0.05) is 24.5 Å². The highest BCUT2D eigenvalue weighted by atomic mass is 32.2. The Hall–Kier alpha value is -1.72. The van der Waals surface area contributed by atoms with Gasteiger partial charge in [-0.25, -0.2) is 4.57 Å². The molecule has 4 nitrogen and oxygen atoms in total. The van der Waals surface area contributed by atoms with E-state index in [-0.39, 0.29) is 5.75 Å². The second kappa shape index (κ2) is 6.63. The van der Waals surface area contributed by atoms with Crippen molar-refractivity contribution in [1.29, 1.82) is 0 Å². The van der Waals surface area contributed by atoms with Crippen molar-refractivity contribution in [3.8, 4) is 0 Å². The number of aryl methyl sites for hydroxylation is 1. The van der Waals surface area contributed by atoms with Crippen molar-refractivity contribution in [2.45, 2.75) is 19.4 Å². The average molecular weight is 292 g/mol. The molecule has 0 aliphatic heterocycles. The number of hydrogen-bond donors (Lipinski definition) is 1. The number of pyridine rings is 1. The molecule has 106 valence electrons. The Morgan fingerprint density at radius 2 is 1.70 bits per heavy atom. The first-order chi connectivity index (χ1) is 9.53. The van der Waals surface area contributed by atoms with E-state index < -0.39 is 10.1 Å². The lowest BCUT2D eigenvalue weighted by atomic mass is 10.1. The molecule has 1 aromatic carbocycles. The van der Waals surface area contributed by atoms with Gasteiger partial charge in [0.25, 0.3) is 10.1 Å². The Labute approximate surface area is 119 Å². The number of benzene rings is 1. The minimum Gasteiger partial charge on any atom is -0.286 e. The van der Waals surface area contributed by atoms with E-state index in [4.69, 9.17) is 4.55 Å². The minimum absolute atomic E-state index is 0.205. The maximum atomic E-state index is 10.7. The van der Waals surface area contributed by atoms with Crippen LogP contribution in [-0.4, -0.2) is 18.7 Å². The third-order valence-corrected chi connectivity index (χ3v) is 3.79. The van der Waals surface area contributed by atoms with Gasteiger partial charge in [-0.3, -0.25) is 4.55 Å². The lowest BCUT2D eigenvalue weighted by molar-refractivity contribution is -0.697. The van der Waals surface area contributed by atoms with Gasteiger partial charge in [-0.15, -0.1) is 0 Å². The molecule has 1 aromatic heterocycles. The Balaban J connectivity index is 1.97. The molecule has 0 bridgehead atoms. The molecule has 2 aromatic rings. The zero-order valence-corrected chi connectivity index (χ0v) is 12.0. The zero-order chi connectivity index (χ0) is 14.4. The fourth-order valence-corrected chi connectivity index (χ4v) is 2.57. The van der Waals surface area contributed by atoms with Crippen LogP contribution in [0.2, 0.25) is 0 Å². The molecule has 20 heavy (non-hydrogen) atoms. The topological polar surface area (TPSA) is 58.3 Å². The van der Waals surface area contributed by atoms with Crippen molar-refractivity contribution >= 4 is 10.1 Å². The van der Waals surface area contributed by atoms with Crippen molar-refractivity contribution in [1.82, 2.24) is 0 Å². The number of rotatable bonds is 6. The highest BCUT2D eigenvalue weighted by molar-refractivity contribution is 7.85. The molecule has 0 saturated heterocycles. The normalized spacial score (nSPS) is 11.4. The van der Waals surface area contributed by atoms with Gasteiger partial charge in [0.2, 0.25) is 0 Å².